The minimum absolute atomic E-state index is 0.143. The molecule has 1 aromatic carbocycles. The number of esters is 2. The van der Waals surface area contributed by atoms with Crippen LogP contribution >= 0.6 is 0 Å². The highest BCUT2D eigenvalue weighted by Gasteiger charge is 2.71. The second kappa shape index (κ2) is 15.4. The molecule has 1 spiro atoms. The monoisotopic (exact) mass is 690 g/mol. The van der Waals surface area contributed by atoms with Crippen molar-refractivity contribution in [2.45, 2.75) is 167 Å². The number of hydrogen-bond donors (Lipinski definition) is 2. The number of carbonyl (C=O) groups excluding carboxylic acids is 2. The normalized spacial score (nSPS) is 36.1. The SMILES string of the molecule is CC(=O)O[C@@H]1C[C@@H](C)[C@](O)(CCC2=CC(=O)OC2)[C@]2(CCC[C@H](C)CCCc3ccccc3)[C@@H]1[C@](C)(C1CCC3(CCCC3)CC1)CC[C@@H]2O. The van der Waals surface area contributed by atoms with E-state index in [1.54, 1.807) is 6.08 Å². The average Bonchev–Trinajstić information content (AvgIpc) is 3.73. The summed E-state index contributed by atoms with van der Waals surface area (Å²) in [5, 5.41) is 25.9. The number of hydrogen-bond acceptors (Lipinski definition) is 6. The fraction of sp³-hybridized carbons (Fsp3) is 0.773. The van der Waals surface area contributed by atoms with Crippen LogP contribution < -0.4 is 0 Å². The van der Waals surface area contributed by atoms with Gasteiger partial charge < -0.3 is 19.7 Å². The Kier molecular flexibility index (Phi) is 11.6. The van der Waals surface area contributed by atoms with Crippen molar-refractivity contribution in [3.8, 4) is 0 Å². The van der Waals surface area contributed by atoms with Gasteiger partial charge in [-0.25, -0.2) is 4.79 Å². The number of rotatable bonds is 13. The number of aryl methyl sites for hydroxylation is 1. The molecule has 1 aliphatic heterocycles. The van der Waals surface area contributed by atoms with Crippen molar-refractivity contribution in [1.29, 1.82) is 0 Å². The van der Waals surface area contributed by atoms with Crippen molar-refractivity contribution >= 4 is 11.9 Å². The largest absolute Gasteiger partial charge is 0.462 e. The lowest BCUT2D eigenvalue weighted by Gasteiger charge is -2.69. The van der Waals surface area contributed by atoms with E-state index in [1.807, 2.05) is 0 Å². The summed E-state index contributed by atoms with van der Waals surface area (Å²) in [5.41, 5.74) is 0.642. The van der Waals surface area contributed by atoms with Crippen LogP contribution in [0.15, 0.2) is 42.0 Å². The zero-order chi connectivity index (χ0) is 35.6. The van der Waals surface area contributed by atoms with E-state index >= 15 is 0 Å². The van der Waals surface area contributed by atoms with Gasteiger partial charge in [0.25, 0.3) is 0 Å². The Morgan fingerprint density at radius 1 is 0.980 bits per heavy atom. The van der Waals surface area contributed by atoms with Crippen molar-refractivity contribution in [1.82, 2.24) is 0 Å². The van der Waals surface area contributed by atoms with E-state index in [9.17, 15) is 19.8 Å². The van der Waals surface area contributed by atoms with Crippen LogP contribution in [0.25, 0.3) is 0 Å². The average molecular weight is 691 g/mol. The molecule has 4 saturated carbocycles. The number of aliphatic hydroxyl groups excluding tert-OH is 1. The molecule has 4 fully saturated rings. The number of benzene rings is 1. The van der Waals surface area contributed by atoms with Gasteiger partial charge in [-0.15, -0.1) is 0 Å². The first-order valence-electron chi connectivity index (χ1n) is 20.4. The number of carbonyl (C=O) groups is 2. The molecule has 6 rings (SSSR count). The predicted molar refractivity (Wildman–Crippen MR) is 197 cm³/mol. The van der Waals surface area contributed by atoms with Gasteiger partial charge in [0.15, 0.2) is 0 Å². The van der Waals surface area contributed by atoms with Crippen molar-refractivity contribution < 1.29 is 29.3 Å². The molecule has 1 aromatic rings. The lowest BCUT2D eigenvalue weighted by atomic mass is 9.38. The maximum atomic E-state index is 13.4. The third-order valence-electron chi connectivity index (χ3n) is 15.2. The van der Waals surface area contributed by atoms with E-state index in [1.165, 1.54) is 63.9 Å². The molecular formula is C44H66O6. The van der Waals surface area contributed by atoms with Gasteiger partial charge >= 0.3 is 11.9 Å². The van der Waals surface area contributed by atoms with Crippen LogP contribution in [0.5, 0.6) is 0 Å². The molecule has 0 amide bonds. The summed E-state index contributed by atoms with van der Waals surface area (Å²) in [5.74, 6) is 0.102. The maximum absolute atomic E-state index is 13.4. The van der Waals surface area contributed by atoms with Crippen LogP contribution in [0.1, 0.15) is 149 Å². The first kappa shape index (κ1) is 37.6. The van der Waals surface area contributed by atoms with Gasteiger partial charge in [0.1, 0.15) is 12.7 Å². The molecule has 1 heterocycles. The molecule has 50 heavy (non-hydrogen) atoms. The third kappa shape index (κ3) is 7.36. The fourth-order valence-corrected chi connectivity index (χ4v) is 12.5. The highest BCUT2D eigenvalue weighted by Crippen LogP contribution is 2.70. The summed E-state index contributed by atoms with van der Waals surface area (Å²) in [6, 6.07) is 10.7. The third-order valence-corrected chi connectivity index (χ3v) is 15.2. The molecular weight excluding hydrogens is 624 g/mol. The fourth-order valence-electron chi connectivity index (χ4n) is 12.5. The van der Waals surface area contributed by atoms with Gasteiger partial charge in [-0.3, -0.25) is 4.79 Å². The topological polar surface area (TPSA) is 93.1 Å². The lowest BCUT2D eigenvalue weighted by Crippen LogP contribution is -2.73. The zero-order valence-corrected chi connectivity index (χ0v) is 31.6. The van der Waals surface area contributed by atoms with Gasteiger partial charge in [-0.05, 0) is 130 Å². The summed E-state index contributed by atoms with van der Waals surface area (Å²) in [7, 11) is 0. The molecule has 6 nitrogen and oxygen atoms in total. The number of aliphatic hydroxyl groups is 2. The van der Waals surface area contributed by atoms with Gasteiger partial charge in [0, 0.05) is 24.3 Å². The van der Waals surface area contributed by atoms with E-state index in [4.69, 9.17) is 9.47 Å². The van der Waals surface area contributed by atoms with Gasteiger partial charge in [0.05, 0.1) is 11.7 Å². The molecule has 8 atom stereocenters. The first-order chi connectivity index (χ1) is 23.9. The molecule has 2 N–H and O–H groups in total. The molecule has 0 radical (unpaired) electrons. The minimum Gasteiger partial charge on any atom is -0.462 e. The minimum atomic E-state index is -1.18. The predicted octanol–water partition coefficient (Wildman–Crippen LogP) is 9.30. The van der Waals surface area contributed by atoms with Crippen LogP contribution in [0, 0.1) is 39.9 Å². The van der Waals surface area contributed by atoms with Crippen LogP contribution in [0.3, 0.4) is 0 Å². The van der Waals surface area contributed by atoms with Crippen molar-refractivity contribution in [3.05, 3.63) is 47.5 Å². The molecule has 278 valence electrons. The molecule has 0 unspecified atom stereocenters. The Balaban J connectivity index is 1.30. The second-order valence-electron chi connectivity index (χ2n) is 18.1. The Hall–Kier alpha value is -2.18. The van der Waals surface area contributed by atoms with Gasteiger partial charge in [0.2, 0.25) is 0 Å². The molecule has 0 aromatic heterocycles. The summed E-state index contributed by atoms with van der Waals surface area (Å²) in [6.45, 7) is 8.70. The lowest BCUT2D eigenvalue weighted by molar-refractivity contribution is -0.301. The molecule has 5 aliphatic rings. The summed E-state index contributed by atoms with van der Waals surface area (Å²) in [6.07, 6.45) is 20.1. The van der Waals surface area contributed by atoms with E-state index in [0.29, 0.717) is 49.4 Å². The molecule has 0 saturated heterocycles. The van der Waals surface area contributed by atoms with E-state index in [-0.39, 0.29) is 41.9 Å². The van der Waals surface area contributed by atoms with E-state index in [0.717, 1.165) is 44.1 Å². The van der Waals surface area contributed by atoms with Crippen LogP contribution in [-0.4, -0.2) is 46.6 Å². The number of fused-ring (bicyclic) bond motifs is 1. The van der Waals surface area contributed by atoms with Gasteiger partial charge in [-0.2, -0.15) is 0 Å². The van der Waals surface area contributed by atoms with E-state index < -0.39 is 17.1 Å². The van der Waals surface area contributed by atoms with Crippen molar-refractivity contribution in [3.63, 3.8) is 0 Å². The smallest absolute Gasteiger partial charge is 0.331 e. The Bertz CT molecular complexity index is 1340. The number of cyclic esters (lactones) is 1. The second-order valence-corrected chi connectivity index (χ2v) is 18.1. The van der Waals surface area contributed by atoms with Crippen molar-refractivity contribution in [2.24, 2.45) is 39.9 Å². The maximum Gasteiger partial charge on any atom is 0.331 e. The standard InChI is InChI=1S/C44H66O6/c1-31(12-10-16-34-14-6-5-7-15-34)13-11-23-43-38(46)20-24-41(4,36-18-25-42(26-19-36)21-8-9-22-42)40(43)37(50-33(3)45)28-32(2)44(43,48)27-17-35-29-39(47)49-30-35/h5-7,14-15,29,31-32,36-38,40,46,48H,8-13,16-28,30H2,1-4H3/t31-,32-,37-,38+,40+,41+,43+,44-/m1/s1. The summed E-state index contributed by atoms with van der Waals surface area (Å²) < 4.78 is 11.6. The van der Waals surface area contributed by atoms with Crippen LogP contribution in [0.2, 0.25) is 0 Å². The first-order valence-corrected chi connectivity index (χ1v) is 20.4. The highest BCUT2D eigenvalue weighted by molar-refractivity contribution is 5.85. The van der Waals surface area contributed by atoms with Crippen molar-refractivity contribution in [2.75, 3.05) is 6.61 Å². The highest BCUT2D eigenvalue weighted by atomic mass is 16.5. The molecule has 4 aliphatic carbocycles. The Labute approximate surface area is 302 Å². The quantitative estimate of drug-likeness (QED) is 0.201. The molecule has 0 bridgehead atoms. The summed E-state index contributed by atoms with van der Waals surface area (Å²) >= 11 is 0. The number of ether oxygens (including phenoxy) is 2. The zero-order valence-electron chi connectivity index (χ0n) is 31.6. The van der Waals surface area contributed by atoms with E-state index in [2.05, 4.69) is 51.1 Å². The molecule has 6 heteroatoms. The summed E-state index contributed by atoms with van der Waals surface area (Å²) in [4.78, 5) is 24.8. The Morgan fingerprint density at radius 2 is 1.68 bits per heavy atom. The Morgan fingerprint density at radius 3 is 2.34 bits per heavy atom. The van der Waals surface area contributed by atoms with Crippen LogP contribution in [-0.2, 0) is 25.5 Å². The van der Waals surface area contributed by atoms with Gasteiger partial charge in [-0.1, -0.05) is 83.2 Å². The van der Waals surface area contributed by atoms with Crippen LogP contribution in [0.4, 0.5) is 0 Å².